The average molecular weight is 617 g/mol. The van der Waals surface area contributed by atoms with E-state index in [2.05, 4.69) is 10.3 Å². The number of rotatable bonds is 7. The Bertz CT molecular complexity index is 1680. The number of carbonyl (C=O) groups excluding carboxylic acids is 3. The lowest BCUT2D eigenvalue weighted by Gasteiger charge is -2.37. The second kappa shape index (κ2) is 12.8. The van der Waals surface area contributed by atoms with Gasteiger partial charge in [-0.3, -0.25) is 24.2 Å². The molecule has 1 aliphatic heterocycles. The topological polar surface area (TPSA) is 130 Å². The standard InChI is InChI=1S/C32H27ClF2N6O3/c33-25-7-2-1-6-24(25)29(30(43)39-22-10-13-32(34,35)14-11-22)40(23-5-3-4-20(16-23)18-36)31(44)26-8-9-28(42)41(26)27-17-21(19-37)12-15-38-27/h1-7,12,15-17,22,26,29H,8-11,13-14H2,(H,39,43)/t26?,29-/m0/s1. The first kappa shape index (κ1) is 30.6. The maximum absolute atomic E-state index is 14.7. The number of alkyl halides is 2. The van der Waals surface area contributed by atoms with Crippen LogP contribution in [0.2, 0.25) is 5.02 Å². The predicted molar refractivity (Wildman–Crippen MR) is 158 cm³/mol. The second-order valence-electron chi connectivity index (χ2n) is 10.8. The Labute approximate surface area is 257 Å². The summed E-state index contributed by atoms with van der Waals surface area (Å²) >= 11 is 6.60. The fourth-order valence-corrected chi connectivity index (χ4v) is 5.91. The van der Waals surface area contributed by atoms with Crippen molar-refractivity contribution >= 4 is 40.8 Å². The molecule has 2 heterocycles. The zero-order valence-electron chi connectivity index (χ0n) is 23.4. The molecule has 1 saturated heterocycles. The molecule has 44 heavy (non-hydrogen) atoms. The van der Waals surface area contributed by atoms with Crippen LogP contribution in [0.15, 0.2) is 66.9 Å². The van der Waals surface area contributed by atoms with Crippen molar-refractivity contribution in [2.45, 2.75) is 62.6 Å². The summed E-state index contributed by atoms with van der Waals surface area (Å²) in [4.78, 5) is 48.6. The molecule has 0 bridgehead atoms. The number of nitrogens with one attached hydrogen (secondary N) is 1. The summed E-state index contributed by atoms with van der Waals surface area (Å²) in [6, 6.07) is 16.4. The number of carbonyl (C=O) groups is 3. The van der Waals surface area contributed by atoms with E-state index in [9.17, 15) is 33.7 Å². The normalized spacial score (nSPS) is 18.6. The van der Waals surface area contributed by atoms with Crippen LogP contribution in [0.25, 0.3) is 0 Å². The maximum Gasteiger partial charge on any atom is 0.251 e. The van der Waals surface area contributed by atoms with Gasteiger partial charge in [0.25, 0.3) is 5.91 Å². The summed E-state index contributed by atoms with van der Waals surface area (Å²) < 4.78 is 27.8. The van der Waals surface area contributed by atoms with Gasteiger partial charge in [-0.15, -0.1) is 0 Å². The fourth-order valence-electron chi connectivity index (χ4n) is 5.67. The zero-order valence-corrected chi connectivity index (χ0v) is 24.2. The van der Waals surface area contributed by atoms with E-state index in [-0.39, 0.29) is 71.7 Å². The third-order valence-electron chi connectivity index (χ3n) is 7.88. The van der Waals surface area contributed by atoms with Crippen molar-refractivity contribution < 1.29 is 23.2 Å². The molecular formula is C32H27ClF2N6O3. The van der Waals surface area contributed by atoms with Crippen LogP contribution in [0.5, 0.6) is 0 Å². The van der Waals surface area contributed by atoms with Crippen molar-refractivity contribution in [2.75, 3.05) is 9.80 Å². The first-order valence-electron chi connectivity index (χ1n) is 14.1. The molecular weight excluding hydrogens is 590 g/mol. The van der Waals surface area contributed by atoms with Gasteiger partial charge in [-0.2, -0.15) is 10.5 Å². The van der Waals surface area contributed by atoms with Gasteiger partial charge in [0.15, 0.2) is 0 Å². The van der Waals surface area contributed by atoms with E-state index >= 15 is 0 Å². The summed E-state index contributed by atoms with van der Waals surface area (Å²) in [5.74, 6) is -4.38. The lowest BCUT2D eigenvalue weighted by atomic mass is 9.91. The van der Waals surface area contributed by atoms with Gasteiger partial charge in [0, 0.05) is 47.8 Å². The minimum absolute atomic E-state index is 0.0141. The van der Waals surface area contributed by atoms with Crippen LogP contribution in [0.4, 0.5) is 20.3 Å². The average Bonchev–Trinajstić information content (AvgIpc) is 3.42. The third kappa shape index (κ3) is 6.38. The highest BCUT2D eigenvalue weighted by Gasteiger charge is 2.45. The molecule has 12 heteroatoms. The number of nitriles is 2. The summed E-state index contributed by atoms with van der Waals surface area (Å²) in [6.07, 6.45) is 0.822. The van der Waals surface area contributed by atoms with Gasteiger partial charge in [0.2, 0.25) is 17.7 Å². The molecule has 1 N–H and O–H groups in total. The molecule has 5 rings (SSSR count). The van der Waals surface area contributed by atoms with E-state index in [0.717, 1.165) is 0 Å². The van der Waals surface area contributed by atoms with Gasteiger partial charge in [-0.25, -0.2) is 13.8 Å². The lowest BCUT2D eigenvalue weighted by Crippen LogP contribution is -2.53. The van der Waals surface area contributed by atoms with Gasteiger partial charge >= 0.3 is 0 Å². The van der Waals surface area contributed by atoms with Gasteiger partial charge in [0.1, 0.15) is 17.9 Å². The molecule has 2 atom stereocenters. The van der Waals surface area contributed by atoms with Gasteiger partial charge in [0.05, 0.1) is 23.3 Å². The van der Waals surface area contributed by atoms with Crippen LogP contribution < -0.4 is 15.1 Å². The van der Waals surface area contributed by atoms with Crippen LogP contribution in [0, 0.1) is 22.7 Å². The van der Waals surface area contributed by atoms with Crippen molar-refractivity contribution in [2.24, 2.45) is 0 Å². The number of hydrogen-bond acceptors (Lipinski definition) is 6. The van der Waals surface area contributed by atoms with Gasteiger partial charge in [-0.1, -0.05) is 35.9 Å². The van der Waals surface area contributed by atoms with Crippen molar-refractivity contribution in [3.05, 3.63) is 88.6 Å². The highest BCUT2D eigenvalue weighted by molar-refractivity contribution is 6.31. The van der Waals surface area contributed by atoms with Gasteiger partial charge < -0.3 is 5.32 Å². The number of pyridine rings is 1. The Balaban J connectivity index is 1.61. The number of halogens is 3. The molecule has 3 aromatic rings. The van der Waals surface area contributed by atoms with Crippen LogP contribution >= 0.6 is 11.6 Å². The van der Waals surface area contributed by atoms with Gasteiger partial charge in [-0.05, 0) is 55.7 Å². The van der Waals surface area contributed by atoms with Crippen LogP contribution in [-0.4, -0.2) is 40.7 Å². The number of anilines is 2. The number of hydrogen-bond donors (Lipinski definition) is 1. The smallest absolute Gasteiger partial charge is 0.251 e. The Morgan fingerprint density at radius 3 is 2.43 bits per heavy atom. The first-order valence-corrected chi connectivity index (χ1v) is 14.4. The Morgan fingerprint density at radius 2 is 1.73 bits per heavy atom. The minimum Gasteiger partial charge on any atom is -0.351 e. The Hall–Kier alpha value is -4.87. The minimum atomic E-state index is -2.81. The largest absolute Gasteiger partial charge is 0.351 e. The SMILES string of the molecule is N#Cc1cccc(N(C(=O)C2CCC(=O)N2c2cc(C#N)ccn2)[C@H](C(=O)NC2CCC(F)(F)CC2)c2ccccc2Cl)c1. The summed E-state index contributed by atoms with van der Waals surface area (Å²) in [7, 11) is 0. The number of nitrogens with zero attached hydrogens (tertiary/aromatic N) is 5. The van der Waals surface area contributed by atoms with Crippen LogP contribution in [0.1, 0.15) is 61.3 Å². The monoisotopic (exact) mass is 616 g/mol. The van der Waals surface area contributed by atoms with E-state index in [1.54, 1.807) is 42.5 Å². The van der Waals surface area contributed by atoms with Crippen molar-refractivity contribution in [3.8, 4) is 12.1 Å². The molecule has 3 amide bonds. The molecule has 2 aliphatic rings. The molecule has 1 aliphatic carbocycles. The third-order valence-corrected chi connectivity index (χ3v) is 8.22. The molecule has 0 spiro atoms. The van der Waals surface area contributed by atoms with E-state index in [4.69, 9.17) is 11.6 Å². The van der Waals surface area contributed by atoms with Crippen molar-refractivity contribution in [1.29, 1.82) is 10.5 Å². The van der Waals surface area contributed by atoms with E-state index in [0.29, 0.717) is 0 Å². The highest BCUT2D eigenvalue weighted by atomic mass is 35.5. The van der Waals surface area contributed by atoms with E-state index in [1.165, 1.54) is 34.2 Å². The van der Waals surface area contributed by atoms with Crippen LogP contribution in [0.3, 0.4) is 0 Å². The first-order chi connectivity index (χ1) is 21.1. The molecule has 0 radical (unpaired) electrons. The van der Waals surface area contributed by atoms with E-state index < -0.39 is 41.8 Å². The van der Waals surface area contributed by atoms with Crippen molar-refractivity contribution in [1.82, 2.24) is 10.3 Å². The Morgan fingerprint density at radius 1 is 1.02 bits per heavy atom. The highest BCUT2D eigenvalue weighted by Crippen LogP contribution is 2.37. The molecule has 2 fully saturated rings. The molecule has 9 nitrogen and oxygen atoms in total. The quantitative estimate of drug-likeness (QED) is 0.376. The summed E-state index contributed by atoms with van der Waals surface area (Å²) in [5.41, 5.74) is 0.924. The predicted octanol–water partition coefficient (Wildman–Crippen LogP) is 5.44. The molecule has 1 saturated carbocycles. The van der Waals surface area contributed by atoms with Crippen molar-refractivity contribution in [3.63, 3.8) is 0 Å². The number of aromatic nitrogens is 1. The fraction of sp³-hybridized carbons (Fsp3) is 0.312. The number of amides is 3. The summed E-state index contributed by atoms with van der Waals surface area (Å²) in [5, 5.41) is 22.1. The molecule has 1 unspecified atom stereocenters. The maximum atomic E-state index is 14.7. The molecule has 224 valence electrons. The summed E-state index contributed by atoms with van der Waals surface area (Å²) in [6.45, 7) is 0. The lowest BCUT2D eigenvalue weighted by molar-refractivity contribution is -0.128. The second-order valence-corrected chi connectivity index (χ2v) is 11.2. The Kier molecular flexibility index (Phi) is 8.88. The number of benzene rings is 2. The van der Waals surface area contributed by atoms with E-state index in [1.807, 2.05) is 12.1 Å². The van der Waals surface area contributed by atoms with Crippen LogP contribution in [-0.2, 0) is 14.4 Å². The molecule has 1 aromatic heterocycles. The zero-order chi connectivity index (χ0) is 31.4. The molecule has 2 aromatic carbocycles.